The molecule has 7 nitrogen and oxygen atoms in total. The van der Waals surface area contributed by atoms with Crippen LogP contribution in [0.25, 0.3) is 22.4 Å². The van der Waals surface area contributed by atoms with Crippen LogP contribution in [0.5, 0.6) is 0 Å². The van der Waals surface area contributed by atoms with Gasteiger partial charge in [-0.15, -0.1) is 10.2 Å². The first-order valence-electron chi connectivity index (χ1n) is 8.76. The van der Waals surface area contributed by atoms with E-state index in [-0.39, 0.29) is 11.6 Å². The lowest BCUT2D eigenvalue weighted by molar-refractivity contribution is 0.419. The van der Waals surface area contributed by atoms with Crippen molar-refractivity contribution < 1.29 is 4.42 Å². The maximum absolute atomic E-state index is 12.6. The Labute approximate surface area is 155 Å². The zero-order valence-corrected chi connectivity index (χ0v) is 14.9. The van der Waals surface area contributed by atoms with Gasteiger partial charge in [-0.05, 0) is 31.2 Å². The Morgan fingerprint density at radius 2 is 1.85 bits per heavy atom. The fraction of sp³-hybridized carbons (Fsp3) is 0.200. The average molecular weight is 361 g/mol. The van der Waals surface area contributed by atoms with Gasteiger partial charge in [0.2, 0.25) is 11.8 Å². The van der Waals surface area contributed by atoms with Crippen LogP contribution >= 0.6 is 0 Å². The predicted octanol–water partition coefficient (Wildman–Crippen LogP) is 2.62. The molecule has 2 heterocycles. The van der Waals surface area contributed by atoms with Crippen molar-refractivity contribution in [3.05, 3.63) is 77.2 Å². The Bertz CT molecular complexity index is 1100. The molecule has 2 aromatic carbocycles. The topological polar surface area (TPSA) is 85.8 Å². The second-order valence-electron chi connectivity index (χ2n) is 6.37. The monoisotopic (exact) mass is 361 g/mol. The quantitative estimate of drug-likeness (QED) is 0.568. The fourth-order valence-electron chi connectivity index (χ4n) is 2.88. The van der Waals surface area contributed by atoms with Crippen molar-refractivity contribution in [3.8, 4) is 11.5 Å². The molecule has 0 aliphatic carbocycles. The van der Waals surface area contributed by atoms with E-state index in [1.807, 2.05) is 55.5 Å². The number of nitrogens with zero attached hydrogens (tertiary/aromatic N) is 4. The first-order valence-corrected chi connectivity index (χ1v) is 8.76. The van der Waals surface area contributed by atoms with Gasteiger partial charge in [0, 0.05) is 18.2 Å². The van der Waals surface area contributed by atoms with Crippen LogP contribution in [0.15, 0.2) is 70.1 Å². The van der Waals surface area contributed by atoms with Gasteiger partial charge in [0.15, 0.2) is 0 Å². The van der Waals surface area contributed by atoms with Crippen molar-refractivity contribution in [2.24, 2.45) is 0 Å². The molecular formula is C20H19N5O2. The van der Waals surface area contributed by atoms with Gasteiger partial charge >= 0.3 is 0 Å². The minimum atomic E-state index is -0.0431. The third-order valence-corrected chi connectivity index (χ3v) is 4.29. The van der Waals surface area contributed by atoms with Gasteiger partial charge in [0.1, 0.15) is 0 Å². The number of para-hydroxylation sites is 1. The number of nitrogens with one attached hydrogen (secondary N) is 1. The minimum absolute atomic E-state index is 0.0257. The molecule has 7 heteroatoms. The molecule has 4 aromatic rings. The standard InChI is InChI=1S/C20H19N5O2/c1-14(12-25-13-22-17-10-6-5-9-16(17)20(25)26)21-11-18-23-24-19(27-18)15-7-3-2-4-8-15/h2-10,13-14,21H,11-12H2,1H3. The molecule has 27 heavy (non-hydrogen) atoms. The van der Waals surface area contributed by atoms with Gasteiger partial charge in [-0.3, -0.25) is 9.36 Å². The summed E-state index contributed by atoms with van der Waals surface area (Å²) in [7, 11) is 0. The summed E-state index contributed by atoms with van der Waals surface area (Å²) >= 11 is 0. The van der Waals surface area contributed by atoms with Crippen molar-refractivity contribution in [3.63, 3.8) is 0 Å². The van der Waals surface area contributed by atoms with Crippen LogP contribution in [0.3, 0.4) is 0 Å². The van der Waals surface area contributed by atoms with Crippen LogP contribution in [-0.2, 0) is 13.1 Å². The molecule has 0 aliphatic heterocycles. The highest BCUT2D eigenvalue weighted by molar-refractivity contribution is 5.76. The van der Waals surface area contributed by atoms with Crippen molar-refractivity contribution in [1.82, 2.24) is 25.1 Å². The highest BCUT2D eigenvalue weighted by atomic mass is 16.4. The van der Waals surface area contributed by atoms with Gasteiger partial charge < -0.3 is 9.73 Å². The van der Waals surface area contributed by atoms with Crippen molar-refractivity contribution in [2.45, 2.75) is 26.1 Å². The van der Waals surface area contributed by atoms with Crippen molar-refractivity contribution in [1.29, 1.82) is 0 Å². The number of hydrogen-bond acceptors (Lipinski definition) is 6. The van der Waals surface area contributed by atoms with Crippen LogP contribution in [0, 0.1) is 0 Å². The maximum Gasteiger partial charge on any atom is 0.261 e. The number of benzene rings is 2. The maximum atomic E-state index is 12.6. The molecule has 0 bridgehead atoms. The third kappa shape index (κ3) is 3.78. The van der Waals surface area contributed by atoms with Gasteiger partial charge in [0.25, 0.3) is 5.56 Å². The van der Waals surface area contributed by atoms with Crippen molar-refractivity contribution >= 4 is 10.9 Å². The second kappa shape index (κ2) is 7.51. The average Bonchev–Trinajstić information content (AvgIpc) is 3.19. The Morgan fingerprint density at radius 1 is 1.07 bits per heavy atom. The molecule has 1 N–H and O–H groups in total. The van der Waals surface area contributed by atoms with Gasteiger partial charge in [-0.25, -0.2) is 4.98 Å². The Morgan fingerprint density at radius 3 is 2.70 bits per heavy atom. The van der Waals surface area contributed by atoms with E-state index in [4.69, 9.17) is 4.42 Å². The number of fused-ring (bicyclic) bond motifs is 1. The van der Waals surface area contributed by atoms with Crippen LogP contribution < -0.4 is 10.9 Å². The number of rotatable bonds is 6. The normalized spacial score (nSPS) is 12.3. The number of hydrogen-bond donors (Lipinski definition) is 1. The van der Waals surface area contributed by atoms with Gasteiger partial charge in [-0.2, -0.15) is 0 Å². The van der Waals surface area contributed by atoms with E-state index >= 15 is 0 Å². The van der Waals surface area contributed by atoms with Crippen LogP contribution in [-0.4, -0.2) is 25.8 Å². The van der Waals surface area contributed by atoms with Crippen LogP contribution in [0.2, 0.25) is 0 Å². The third-order valence-electron chi connectivity index (χ3n) is 4.29. The molecule has 136 valence electrons. The molecule has 0 spiro atoms. The summed E-state index contributed by atoms with van der Waals surface area (Å²) in [6.07, 6.45) is 1.59. The highest BCUT2D eigenvalue weighted by Gasteiger charge is 2.11. The molecule has 4 rings (SSSR count). The van der Waals surface area contributed by atoms with E-state index in [1.165, 1.54) is 0 Å². The van der Waals surface area contributed by atoms with E-state index in [1.54, 1.807) is 17.0 Å². The summed E-state index contributed by atoms with van der Waals surface area (Å²) in [6, 6.07) is 17.0. The SMILES string of the molecule is CC(Cn1cnc2ccccc2c1=O)NCc1nnc(-c2ccccc2)o1. The van der Waals surface area contributed by atoms with Crippen LogP contribution in [0.1, 0.15) is 12.8 Å². The Kier molecular flexibility index (Phi) is 4.76. The minimum Gasteiger partial charge on any atom is -0.419 e. The highest BCUT2D eigenvalue weighted by Crippen LogP contribution is 2.16. The van der Waals surface area contributed by atoms with E-state index in [2.05, 4.69) is 20.5 Å². The second-order valence-corrected chi connectivity index (χ2v) is 6.37. The zero-order chi connectivity index (χ0) is 18.6. The molecule has 1 atom stereocenters. The molecule has 0 aliphatic rings. The van der Waals surface area contributed by atoms with E-state index < -0.39 is 0 Å². The van der Waals surface area contributed by atoms with E-state index in [0.29, 0.717) is 35.8 Å². The van der Waals surface area contributed by atoms with Gasteiger partial charge in [-0.1, -0.05) is 30.3 Å². The summed E-state index contributed by atoms with van der Waals surface area (Å²) in [6.45, 7) is 2.92. The van der Waals surface area contributed by atoms with Crippen LogP contribution in [0.4, 0.5) is 0 Å². The molecule has 0 radical (unpaired) electrons. The zero-order valence-electron chi connectivity index (χ0n) is 14.9. The lowest BCUT2D eigenvalue weighted by Gasteiger charge is -2.14. The molecule has 0 fully saturated rings. The lowest BCUT2D eigenvalue weighted by atomic mass is 10.2. The van der Waals surface area contributed by atoms with E-state index in [9.17, 15) is 4.79 Å². The van der Waals surface area contributed by atoms with Crippen molar-refractivity contribution in [2.75, 3.05) is 0 Å². The first kappa shape index (κ1) is 17.1. The molecule has 0 amide bonds. The van der Waals surface area contributed by atoms with Gasteiger partial charge in [0.05, 0.1) is 23.8 Å². The lowest BCUT2D eigenvalue weighted by Crippen LogP contribution is -2.34. The molecule has 0 saturated carbocycles. The summed E-state index contributed by atoms with van der Waals surface area (Å²) in [5.41, 5.74) is 1.55. The predicted molar refractivity (Wildman–Crippen MR) is 102 cm³/mol. The Hall–Kier alpha value is -3.32. The summed E-state index contributed by atoms with van der Waals surface area (Å²) < 4.78 is 7.30. The fourth-order valence-corrected chi connectivity index (χ4v) is 2.88. The molecule has 2 aromatic heterocycles. The first-order chi connectivity index (χ1) is 13.2. The summed E-state index contributed by atoms with van der Waals surface area (Å²) in [5.74, 6) is 1.000. The molecule has 1 unspecified atom stereocenters. The smallest absolute Gasteiger partial charge is 0.261 e. The summed E-state index contributed by atoms with van der Waals surface area (Å²) in [5, 5.41) is 12.1. The largest absolute Gasteiger partial charge is 0.419 e. The van der Waals surface area contributed by atoms with E-state index in [0.717, 1.165) is 5.56 Å². The molecular weight excluding hydrogens is 342 g/mol. The molecule has 0 saturated heterocycles. The number of aromatic nitrogens is 4. The Balaban J connectivity index is 1.40. The summed E-state index contributed by atoms with van der Waals surface area (Å²) in [4.78, 5) is 16.9.